The predicted octanol–water partition coefficient (Wildman–Crippen LogP) is 12.0. The monoisotopic (exact) mass is 795 g/mol. The minimum absolute atomic E-state index is 0.491. The SMILES string of the molecule is c1ccc(-c2nc(-c3ccccc3)nc(-n3c4cccc(-c5cccc(-c6cccc7c6n6c8ccccc8nc6n7-c6ccccc6)c5)c4n4c5ccccc5nc34)n2)cc1. The molecule has 0 fully saturated rings. The maximum atomic E-state index is 5.26. The highest BCUT2D eigenvalue weighted by Gasteiger charge is 2.24. The maximum absolute atomic E-state index is 5.26. The van der Waals surface area contributed by atoms with E-state index in [1.807, 2.05) is 72.8 Å². The van der Waals surface area contributed by atoms with Gasteiger partial charge in [-0.1, -0.05) is 146 Å². The van der Waals surface area contributed by atoms with Crippen molar-refractivity contribution in [3.8, 4) is 56.7 Å². The third kappa shape index (κ3) is 5.12. The highest BCUT2D eigenvalue weighted by molar-refractivity contribution is 6.03. The first kappa shape index (κ1) is 34.2. The van der Waals surface area contributed by atoms with Crippen molar-refractivity contribution in [1.82, 2.24) is 42.9 Å². The first-order valence-electron chi connectivity index (χ1n) is 20.6. The third-order valence-corrected chi connectivity index (χ3v) is 11.8. The summed E-state index contributed by atoms with van der Waals surface area (Å²) in [4.78, 5) is 25.8. The van der Waals surface area contributed by atoms with Gasteiger partial charge in [-0.05, 0) is 65.7 Å². The van der Waals surface area contributed by atoms with Gasteiger partial charge in [-0.25, -0.2) is 19.5 Å². The molecule has 13 aromatic rings. The molecule has 62 heavy (non-hydrogen) atoms. The minimum atomic E-state index is 0.491. The molecular weight excluding hydrogens is 763 g/mol. The zero-order valence-corrected chi connectivity index (χ0v) is 33.1. The molecule has 290 valence electrons. The minimum Gasteiger partial charge on any atom is -0.278 e. The lowest BCUT2D eigenvalue weighted by atomic mass is 9.97. The quantitative estimate of drug-likeness (QED) is 0.167. The highest BCUT2D eigenvalue weighted by atomic mass is 15.3. The summed E-state index contributed by atoms with van der Waals surface area (Å²) in [5, 5.41) is 0. The van der Waals surface area contributed by atoms with E-state index >= 15 is 0 Å². The van der Waals surface area contributed by atoms with E-state index in [4.69, 9.17) is 24.9 Å². The average Bonchev–Trinajstić information content (AvgIpc) is 4.08. The second-order valence-electron chi connectivity index (χ2n) is 15.4. The molecule has 9 heteroatoms. The average molecular weight is 796 g/mol. The highest BCUT2D eigenvalue weighted by Crippen LogP contribution is 2.40. The van der Waals surface area contributed by atoms with E-state index in [9.17, 15) is 0 Å². The van der Waals surface area contributed by atoms with E-state index in [0.717, 1.165) is 94.8 Å². The van der Waals surface area contributed by atoms with Gasteiger partial charge in [-0.2, -0.15) is 9.97 Å². The Morgan fingerprint density at radius 2 is 0.726 bits per heavy atom. The van der Waals surface area contributed by atoms with Crippen LogP contribution in [0.5, 0.6) is 0 Å². The van der Waals surface area contributed by atoms with E-state index in [0.29, 0.717) is 17.6 Å². The fourth-order valence-corrected chi connectivity index (χ4v) is 9.12. The smallest absolute Gasteiger partial charge is 0.241 e. The van der Waals surface area contributed by atoms with Crippen molar-refractivity contribution in [3.05, 3.63) is 200 Å². The van der Waals surface area contributed by atoms with Gasteiger partial charge in [0, 0.05) is 27.9 Å². The summed E-state index contributed by atoms with van der Waals surface area (Å²) in [6.07, 6.45) is 0. The molecule has 0 saturated heterocycles. The van der Waals surface area contributed by atoms with Gasteiger partial charge < -0.3 is 0 Å². The van der Waals surface area contributed by atoms with Gasteiger partial charge in [-0.3, -0.25) is 13.4 Å². The Balaban J connectivity index is 1.06. The lowest BCUT2D eigenvalue weighted by molar-refractivity contribution is 0.937. The van der Waals surface area contributed by atoms with Gasteiger partial charge in [-0.15, -0.1) is 0 Å². The molecule has 0 bridgehead atoms. The Bertz CT molecular complexity index is 3800. The van der Waals surface area contributed by atoms with E-state index in [1.165, 1.54) is 0 Å². The summed E-state index contributed by atoms with van der Waals surface area (Å²) in [7, 11) is 0. The first-order valence-corrected chi connectivity index (χ1v) is 20.6. The van der Waals surface area contributed by atoms with Gasteiger partial charge in [0.1, 0.15) is 0 Å². The summed E-state index contributed by atoms with van der Waals surface area (Å²) >= 11 is 0. The first-order chi connectivity index (χ1) is 30.8. The lowest BCUT2D eigenvalue weighted by Crippen LogP contribution is -2.07. The van der Waals surface area contributed by atoms with Crippen LogP contribution in [0, 0.1) is 0 Å². The fourth-order valence-electron chi connectivity index (χ4n) is 9.12. The van der Waals surface area contributed by atoms with Crippen LogP contribution < -0.4 is 0 Å². The normalized spacial score (nSPS) is 11.9. The zero-order chi connectivity index (χ0) is 40.7. The number of rotatable bonds is 6. The van der Waals surface area contributed by atoms with Crippen molar-refractivity contribution in [2.24, 2.45) is 0 Å². The zero-order valence-electron chi connectivity index (χ0n) is 33.1. The topological polar surface area (TPSA) is 83.1 Å². The van der Waals surface area contributed by atoms with Crippen molar-refractivity contribution in [2.45, 2.75) is 0 Å². The Morgan fingerprint density at radius 1 is 0.306 bits per heavy atom. The van der Waals surface area contributed by atoms with Gasteiger partial charge in [0.15, 0.2) is 11.6 Å². The lowest BCUT2D eigenvalue weighted by Gasteiger charge is -2.11. The number of fused-ring (bicyclic) bond motifs is 10. The number of hydrogen-bond acceptors (Lipinski definition) is 5. The van der Waals surface area contributed by atoms with Crippen LogP contribution in [0.3, 0.4) is 0 Å². The molecule has 8 aromatic carbocycles. The third-order valence-electron chi connectivity index (χ3n) is 11.8. The molecule has 0 amide bonds. The summed E-state index contributed by atoms with van der Waals surface area (Å²) in [5.74, 6) is 3.26. The number of nitrogens with zero attached hydrogens (tertiary/aromatic N) is 9. The molecule has 0 radical (unpaired) electrons. The fraction of sp³-hybridized carbons (Fsp3) is 0. The van der Waals surface area contributed by atoms with Gasteiger partial charge >= 0.3 is 0 Å². The van der Waals surface area contributed by atoms with Gasteiger partial charge in [0.2, 0.25) is 17.5 Å². The van der Waals surface area contributed by atoms with Crippen LogP contribution >= 0.6 is 0 Å². The van der Waals surface area contributed by atoms with Crippen LogP contribution in [0.1, 0.15) is 0 Å². The van der Waals surface area contributed by atoms with Crippen LogP contribution in [0.15, 0.2) is 200 Å². The Hall–Kier alpha value is -8.69. The van der Waals surface area contributed by atoms with E-state index < -0.39 is 0 Å². The molecule has 0 saturated carbocycles. The van der Waals surface area contributed by atoms with Crippen LogP contribution in [-0.4, -0.2) is 42.9 Å². The number of para-hydroxylation sites is 7. The van der Waals surface area contributed by atoms with Gasteiger partial charge in [0.05, 0.1) is 44.1 Å². The van der Waals surface area contributed by atoms with Gasteiger partial charge in [0.25, 0.3) is 0 Å². The molecule has 0 aliphatic heterocycles. The van der Waals surface area contributed by atoms with Crippen molar-refractivity contribution >= 4 is 55.7 Å². The maximum Gasteiger partial charge on any atom is 0.241 e. The molecule has 5 aromatic heterocycles. The number of aromatic nitrogens is 9. The van der Waals surface area contributed by atoms with Crippen LogP contribution in [-0.2, 0) is 0 Å². The van der Waals surface area contributed by atoms with E-state index in [1.54, 1.807) is 0 Å². The summed E-state index contributed by atoms with van der Waals surface area (Å²) in [6, 6.07) is 69.2. The number of hydrogen-bond donors (Lipinski definition) is 0. The summed E-state index contributed by atoms with van der Waals surface area (Å²) < 4.78 is 8.91. The molecule has 9 nitrogen and oxygen atoms in total. The Morgan fingerprint density at radius 3 is 1.27 bits per heavy atom. The molecule has 0 aliphatic rings. The van der Waals surface area contributed by atoms with Crippen LogP contribution in [0.2, 0.25) is 0 Å². The Labute approximate surface area is 354 Å². The summed E-state index contributed by atoms with van der Waals surface area (Å²) in [6.45, 7) is 0. The van der Waals surface area contributed by atoms with Crippen molar-refractivity contribution in [1.29, 1.82) is 0 Å². The molecule has 5 heterocycles. The van der Waals surface area contributed by atoms with Crippen LogP contribution in [0.25, 0.3) is 112 Å². The number of imidazole rings is 4. The molecule has 0 N–H and O–H groups in total. The van der Waals surface area contributed by atoms with Crippen molar-refractivity contribution < 1.29 is 0 Å². The molecular formula is C53H33N9. The number of benzene rings is 8. The predicted molar refractivity (Wildman–Crippen MR) is 248 cm³/mol. The Kier molecular flexibility index (Phi) is 7.40. The molecule has 0 unspecified atom stereocenters. The molecule has 0 atom stereocenters. The second kappa shape index (κ2) is 13.4. The van der Waals surface area contributed by atoms with E-state index in [-0.39, 0.29) is 0 Å². The summed E-state index contributed by atoms with van der Waals surface area (Å²) in [5.41, 5.74) is 15.2. The molecule has 13 rings (SSSR count). The standard InChI is InChI=1S/C53H33N9/c1-4-17-34(18-5-1)49-56-50(35-19-6-2-7-20-35)58-51(57-49)62-46-32-16-26-40(48(46)61-44-30-13-11-28-42(44)55-53(61)62)37-22-14-21-36(33-37)39-25-15-31-45-47(39)60-43-29-12-10-27-41(43)54-52(60)59(45)38-23-8-3-9-24-38/h1-33H. The van der Waals surface area contributed by atoms with Crippen molar-refractivity contribution in [3.63, 3.8) is 0 Å². The largest absolute Gasteiger partial charge is 0.278 e. The molecule has 0 spiro atoms. The second-order valence-corrected chi connectivity index (χ2v) is 15.4. The van der Waals surface area contributed by atoms with Crippen LogP contribution in [0.4, 0.5) is 0 Å². The molecule has 0 aliphatic carbocycles. The van der Waals surface area contributed by atoms with Crippen molar-refractivity contribution in [2.75, 3.05) is 0 Å². The van der Waals surface area contributed by atoms with E-state index in [2.05, 4.69) is 145 Å².